The van der Waals surface area contributed by atoms with Crippen molar-refractivity contribution in [3.63, 3.8) is 0 Å². The third kappa shape index (κ3) is 6.85. The van der Waals surface area contributed by atoms with Gasteiger partial charge in [-0.05, 0) is 49.9 Å². The second-order valence-electron chi connectivity index (χ2n) is 9.38. The molecule has 0 aliphatic heterocycles. The Balaban J connectivity index is 1.55. The quantitative estimate of drug-likeness (QED) is 0.379. The monoisotopic (exact) mass is 498 g/mol. The number of benzene rings is 2. The Morgan fingerprint density at radius 2 is 1.49 bits per heavy atom. The van der Waals surface area contributed by atoms with Gasteiger partial charge in [0, 0.05) is 5.92 Å². The highest BCUT2D eigenvalue weighted by molar-refractivity contribution is 7.96. The Kier molecular flexibility index (Phi) is 8.22. The molecule has 186 valence electrons. The molecule has 0 saturated carbocycles. The summed E-state index contributed by atoms with van der Waals surface area (Å²) in [5.41, 5.74) is 3.63. The van der Waals surface area contributed by atoms with E-state index in [1.807, 2.05) is 48.5 Å². The first kappa shape index (κ1) is 26.3. The molecule has 9 heteroatoms. The molecule has 1 aliphatic carbocycles. The summed E-state index contributed by atoms with van der Waals surface area (Å²) in [4.78, 5) is 48.8. The van der Waals surface area contributed by atoms with E-state index < -0.39 is 40.8 Å². The van der Waals surface area contributed by atoms with Crippen LogP contribution < -0.4 is 10.6 Å². The second-order valence-corrected chi connectivity index (χ2v) is 9.82. The number of nitrogens with one attached hydrogen (secondary N) is 2. The fourth-order valence-electron chi connectivity index (χ4n) is 3.93. The van der Waals surface area contributed by atoms with Gasteiger partial charge in [-0.25, -0.2) is 4.79 Å². The van der Waals surface area contributed by atoms with Gasteiger partial charge in [0.1, 0.15) is 24.3 Å². The van der Waals surface area contributed by atoms with Crippen LogP contribution >= 0.6 is 12.6 Å². The Bertz CT molecular complexity index is 1080. The minimum absolute atomic E-state index is 0.102. The van der Waals surface area contributed by atoms with Gasteiger partial charge in [0.2, 0.25) is 11.0 Å². The molecule has 2 aromatic carbocycles. The lowest BCUT2D eigenvalue weighted by atomic mass is 9.98. The van der Waals surface area contributed by atoms with Crippen molar-refractivity contribution in [1.82, 2.24) is 10.6 Å². The van der Waals surface area contributed by atoms with E-state index in [1.165, 1.54) is 6.92 Å². The van der Waals surface area contributed by atoms with Gasteiger partial charge in [0.25, 0.3) is 0 Å². The number of rotatable bonds is 8. The smallest absolute Gasteiger partial charge is 0.407 e. The second kappa shape index (κ2) is 10.9. The number of esters is 1. The molecule has 3 rings (SSSR count). The number of carbonyl (C=O) groups is 4. The van der Waals surface area contributed by atoms with Crippen molar-refractivity contribution >= 4 is 35.7 Å². The lowest BCUT2D eigenvalue weighted by Crippen LogP contribution is -2.50. The van der Waals surface area contributed by atoms with Gasteiger partial charge in [-0.15, -0.1) is 12.6 Å². The predicted octanol–water partition coefficient (Wildman–Crippen LogP) is 3.59. The van der Waals surface area contributed by atoms with E-state index >= 15 is 0 Å². The highest BCUT2D eigenvalue weighted by Crippen LogP contribution is 2.44. The van der Waals surface area contributed by atoms with E-state index in [0.717, 1.165) is 22.3 Å². The number of thiol groups is 1. The standard InChI is InChI=1S/C26H30N2O6S/c1-15(23(30)28-21(24(31)35)13-22(29)34-26(2,3)4)27-25(32)33-14-20-18-11-7-5-9-16(18)17-10-6-8-12-19(17)20/h5-12,15,20-21H,13-14H2,1-4H3,(H,27,32)(H,28,30)(H,31,35)/t15-,21-/m0/s1. The Hall–Kier alpha value is -3.33. The van der Waals surface area contributed by atoms with Crippen LogP contribution in [0.4, 0.5) is 4.79 Å². The molecular weight excluding hydrogens is 468 g/mol. The summed E-state index contributed by atoms with van der Waals surface area (Å²) in [7, 11) is 0. The normalized spacial score (nSPS) is 14.2. The maximum atomic E-state index is 12.5. The molecule has 0 fully saturated rings. The number of amides is 2. The third-order valence-corrected chi connectivity index (χ3v) is 5.79. The molecule has 0 heterocycles. The number of ether oxygens (including phenoxy) is 2. The van der Waals surface area contributed by atoms with Gasteiger partial charge in [0.15, 0.2) is 0 Å². The zero-order valence-corrected chi connectivity index (χ0v) is 21.1. The SMILES string of the molecule is C[C@H](NC(=O)OCC1c2ccccc2-c2ccccc21)C(=O)N[C@@H](CC(=O)OC(C)(C)C)C(=O)S. The fourth-order valence-corrected chi connectivity index (χ4v) is 4.08. The molecular formula is C26H30N2O6S. The molecule has 1 aliphatic rings. The lowest BCUT2D eigenvalue weighted by Gasteiger charge is -2.22. The number of alkyl carbamates (subject to hydrolysis) is 1. The molecule has 35 heavy (non-hydrogen) atoms. The van der Waals surface area contributed by atoms with Crippen molar-refractivity contribution in [1.29, 1.82) is 0 Å². The van der Waals surface area contributed by atoms with Crippen LogP contribution in [0.15, 0.2) is 48.5 Å². The summed E-state index contributed by atoms with van der Waals surface area (Å²) >= 11 is 3.75. The number of hydrogen-bond acceptors (Lipinski definition) is 6. The van der Waals surface area contributed by atoms with Crippen LogP contribution in [0.3, 0.4) is 0 Å². The Labute approximate surface area is 210 Å². The summed E-state index contributed by atoms with van der Waals surface area (Å²) in [6.45, 7) is 6.64. The van der Waals surface area contributed by atoms with E-state index in [0.29, 0.717) is 0 Å². The van der Waals surface area contributed by atoms with Crippen molar-refractivity contribution in [2.75, 3.05) is 6.61 Å². The van der Waals surface area contributed by atoms with Gasteiger partial charge in [-0.1, -0.05) is 48.5 Å². The average molecular weight is 499 g/mol. The largest absolute Gasteiger partial charge is 0.460 e. The summed E-state index contributed by atoms with van der Waals surface area (Å²) in [6.07, 6.45) is -1.14. The van der Waals surface area contributed by atoms with Gasteiger partial charge < -0.3 is 20.1 Å². The summed E-state index contributed by atoms with van der Waals surface area (Å²) in [6, 6.07) is 13.7. The molecule has 2 aromatic rings. The first-order chi connectivity index (χ1) is 16.5. The molecule has 2 atom stereocenters. The highest BCUT2D eigenvalue weighted by Gasteiger charge is 2.30. The Morgan fingerprint density at radius 1 is 0.943 bits per heavy atom. The molecule has 0 aromatic heterocycles. The van der Waals surface area contributed by atoms with E-state index in [9.17, 15) is 19.2 Å². The van der Waals surface area contributed by atoms with Gasteiger partial charge in [0.05, 0.1) is 6.42 Å². The van der Waals surface area contributed by atoms with Crippen molar-refractivity contribution in [3.05, 3.63) is 59.7 Å². The van der Waals surface area contributed by atoms with Crippen LogP contribution in [0.1, 0.15) is 51.2 Å². The molecule has 0 bridgehead atoms. The number of fused-ring (bicyclic) bond motifs is 3. The van der Waals surface area contributed by atoms with Crippen LogP contribution in [0.5, 0.6) is 0 Å². The maximum absolute atomic E-state index is 12.5. The zero-order valence-electron chi connectivity index (χ0n) is 20.2. The molecule has 2 N–H and O–H groups in total. The van der Waals surface area contributed by atoms with E-state index in [1.54, 1.807) is 20.8 Å². The summed E-state index contributed by atoms with van der Waals surface area (Å²) in [5, 5.41) is 4.19. The molecule has 0 radical (unpaired) electrons. The van der Waals surface area contributed by atoms with Crippen molar-refractivity contribution < 1.29 is 28.7 Å². The number of carbonyl (C=O) groups excluding carboxylic acids is 4. The number of hydrogen-bond donors (Lipinski definition) is 3. The fraction of sp³-hybridized carbons (Fsp3) is 0.385. The first-order valence-electron chi connectivity index (χ1n) is 11.3. The minimum Gasteiger partial charge on any atom is -0.460 e. The molecule has 0 unspecified atom stereocenters. The third-order valence-electron chi connectivity index (χ3n) is 5.48. The summed E-state index contributed by atoms with van der Waals surface area (Å²) in [5.74, 6) is -1.42. The van der Waals surface area contributed by atoms with Gasteiger partial charge >= 0.3 is 12.1 Å². The topological polar surface area (TPSA) is 111 Å². The summed E-state index contributed by atoms with van der Waals surface area (Å²) < 4.78 is 10.6. The zero-order chi connectivity index (χ0) is 25.8. The highest BCUT2D eigenvalue weighted by atomic mass is 32.1. The van der Waals surface area contributed by atoms with E-state index in [-0.39, 0.29) is 18.9 Å². The van der Waals surface area contributed by atoms with E-state index in [4.69, 9.17) is 9.47 Å². The van der Waals surface area contributed by atoms with Gasteiger partial charge in [-0.2, -0.15) is 0 Å². The molecule has 2 amide bonds. The van der Waals surface area contributed by atoms with Crippen molar-refractivity contribution in [2.24, 2.45) is 0 Å². The van der Waals surface area contributed by atoms with E-state index in [2.05, 4.69) is 23.3 Å². The van der Waals surface area contributed by atoms with Crippen LogP contribution in [-0.2, 0) is 23.9 Å². The Morgan fingerprint density at radius 3 is 2.00 bits per heavy atom. The van der Waals surface area contributed by atoms with Crippen LogP contribution in [0.2, 0.25) is 0 Å². The molecule has 0 saturated heterocycles. The van der Waals surface area contributed by atoms with Crippen LogP contribution in [0.25, 0.3) is 11.1 Å². The van der Waals surface area contributed by atoms with Crippen LogP contribution in [-0.4, -0.2) is 47.4 Å². The average Bonchev–Trinajstić information content (AvgIpc) is 3.09. The molecule has 0 spiro atoms. The van der Waals surface area contributed by atoms with Crippen molar-refractivity contribution in [2.45, 2.75) is 57.7 Å². The van der Waals surface area contributed by atoms with Crippen molar-refractivity contribution in [3.8, 4) is 11.1 Å². The minimum atomic E-state index is -1.19. The van der Waals surface area contributed by atoms with Gasteiger partial charge in [-0.3, -0.25) is 14.4 Å². The van der Waals surface area contributed by atoms with Crippen LogP contribution in [0, 0.1) is 0 Å². The first-order valence-corrected chi connectivity index (χ1v) is 11.8. The maximum Gasteiger partial charge on any atom is 0.407 e. The lowest BCUT2D eigenvalue weighted by molar-refractivity contribution is -0.156. The predicted molar refractivity (Wildman–Crippen MR) is 134 cm³/mol. The molecule has 8 nitrogen and oxygen atoms in total.